The van der Waals surface area contributed by atoms with E-state index in [2.05, 4.69) is 349 Å². The molecule has 2 nitrogen and oxygen atoms in total. The van der Waals surface area contributed by atoms with Gasteiger partial charge in [-0.2, -0.15) is 0 Å². The molecule has 16 aromatic rings. The average Bonchev–Trinajstić information content (AvgIpc) is 1.60. The molecule has 0 radical (unpaired) electrons. The van der Waals surface area contributed by atoms with Gasteiger partial charge in [-0.1, -0.05) is 267 Å². The van der Waals surface area contributed by atoms with Gasteiger partial charge in [-0.3, -0.25) is 0 Å². The van der Waals surface area contributed by atoms with Crippen LogP contribution >= 0.6 is 0 Å². The molecule has 2 heterocycles. The van der Waals surface area contributed by atoms with E-state index in [0.29, 0.717) is 0 Å². The summed E-state index contributed by atoms with van der Waals surface area (Å²) in [6.07, 6.45) is 0. The van der Waals surface area contributed by atoms with Crippen LogP contribution in [0.4, 0.5) is 0 Å². The van der Waals surface area contributed by atoms with Crippen LogP contribution in [0.15, 0.2) is 340 Å². The Bertz CT molecular complexity index is 5250. The van der Waals surface area contributed by atoms with E-state index in [4.69, 9.17) is 0 Å². The van der Waals surface area contributed by atoms with E-state index < -0.39 is 5.41 Å². The molecule has 0 unspecified atom stereocenters. The van der Waals surface area contributed by atoms with Gasteiger partial charge in [0.05, 0.1) is 27.5 Å². The van der Waals surface area contributed by atoms with E-state index in [-0.39, 0.29) is 0 Å². The smallest absolute Gasteiger partial charge is 0.0713 e. The summed E-state index contributed by atoms with van der Waals surface area (Å²) in [6.45, 7) is 0. The van der Waals surface area contributed by atoms with Crippen molar-refractivity contribution in [3.05, 3.63) is 362 Å². The van der Waals surface area contributed by atoms with Crippen LogP contribution in [0.5, 0.6) is 0 Å². The fourth-order valence-corrected chi connectivity index (χ4v) is 14.4. The Labute approximate surface area is 506 Å². The molecule has 0 aliphatic heterocycles. The standard InChI is InChI=1S/C85H56N2/c1-3-19-57(20-4-1)58-41-47-69(48-42-58)86-81-35-15-11-31-75(81)77-55-65(45-51-83(77)86)66-46-52-84-78(56-66)76-32-12-16-36-82(76)87(84)70-49-43-61(44-50-70)72-28-8-7-27-71(72)60-39-37-59(38-40-60)62-21-17-22-63(53-62)64-23-18-26-68(54-64)85(67-24-5-2-6-25-67)79-33-13-9-29-73(79)74-30-10-14-34-80(74)85/h1-56H. The highest BCUT2D eigenvalue weighted by molar-refractivity contribution is 6.13. The zero-order chi connectivity index (χ0) is 57.4. The molecule has 0 N–H and O–H groups in total. The number of hydrogen-bond acceptors (Lipinski definition) is 0. The van der Waals surface area contributed by atoms with Gasteiger partial charge in [-0.05, 0) is 173 Å². The van der Waals surface area contributed by atoms with Crippen LogP contribution in [0.2, 0.25) is 0 Å². The van der Waals surface area contributed by atoms with E-state index in [9.17, 15) is 0 Å². The van der Waals surface area contributed by atoms with Gasteiger partial charge in [0, 0.05) is 32.9 Å². The summed E-state index contributed by atoms with van der Waals surface area (Å²) in [5, 5.41) is 4.96. The molecule has 0 saturated carbocycles. The van der Waals surface area contributed by atoms with Gasteiger partial charge in [-0.25, -0.2) is 0 Å². The van der Waals surface area contributed by atoms with Crippen LogP contribution in [0.25, 0.3) is 133 Å². The second-order valence-corrected chi connectivity index (χ2v) is 23.1. The molecule has 0 atom stereocenters. The zero-order valence-corrected chi connectivity index (χ0v) is 47.7. The van der Waals surface area contributed by atoms with E-state index >= 15 is 0 Å². The van der Waals surface area contributed by atoms with Gasteiger partial charge in [0.2, 0.25) is 0 Å². The largest absolute Gasteiger partial charge is 0.309 e. The molecule has 17 rings (SSSR count). The lowest BCUT2D eigenvalue weighted by Crippen LogP contribution is -2.28. The zero-order valence-electron chi connectivity index (χ0n) is 47.7. The molecule has 0 fully saturated rings. The quantitative estimate of drug-likeness (QED) is 0.129. The van der Waals surface area contributed by atoms with Gasteiger partial charge >= 0.3 is 0 Å². The molecule has 0 amide bonds. The number of fused-ring (bicyclic) bond motifs is 9. The van der Waals surface area contributed by atoms with Crippen molar-refractivity contribution < 1.29 is 0 Å². The summed E-state index contributed by atoms with van der Waals surface area (Å²) in [5.41, 5.74) is 28.7. The molecule has 0 spiro atoms. The molecule has 2 aromatic heterocycles. The van der Waals surface area contributed by atoms with Crippen molar-refractivity contribution in [1.29, 1.82) is 0 Å². The van der Waals surface area contributed by atoms with Crippen LogP contribution in [-0.2, 0) is 5.41 Å². The Balaban J connectivity index is 0.663. The highest BCUT2D eigenvalue weighted by atomic mass is 15.0. The Kier molecular flexibility index (Phi) is 11.8. The van der Waals surface area contributed by atoms with Gasteiger partial charge in [0.1, 0.15) is 0 Å². The van der Waals surface area contributed by atoms with Crippen molar-refractivity contribution in [3.63, 3.8) is 0 Å². The van der Waals surface area contributed by atoms with Crippen LogP contribution in [-0.4, -0.2) is 9.13 Å². The molecule has 406 valence electrons. The third-order valence-electron chi connectivity index (χ3n) is 18.5. The molecule has 1 aliphatic rings. The van der Waals surface area contributed by atoms with Crippen molar-refractivity contribution in [2.24, 2.45) is 0 Å². The first-order valence-electron chi connectivity index (χ1n) is 30.1. The number of benzene rings is 14. The highest BCUT2D eigenvalue weighted by Crippen LogP contribution is 2.56. The lowest BCUT2D eigenvalue weighted by molar-refractivity contribution is 0.769. The van der Waals surface area contributed by atoms with E-state index in [0.717, 1.165) is 11.4 Å². The summed E-state index contributed by atoms with van der Waals surface area (Å²) in [5.74, 6) is 0. The van der Waals surface area contributed by atoms with Crippen LogP contribution in [0.1, 0.15) is 22.3 Å². The number of hydrogen-bond donors (Lipinski definition) is 0. The lowest BCUT2D eigenvalue weighted by atomic mass is 9.67. The minimum atomic E-state index is -0.447. The molecule has 1 aliphatic carbocycles. The number of para-hydroxylation sites is 2. The van der Waals surface area contributed by atoms with Crippen molar-refractivity contribution in [1.82, 2.24) is 9.13 Å². The maximum Gasteiger partial charge on any atom is 0.0713 e. The third kappa shape index (κ3) is 8.17. The molecule has 87 heavy (non-hydrogen) atoms. The molecule has 14 aromatic carbocycles. The summed E-state index contributed by atoms with van der Waals surface area (Å²) >= 11 is 0. The summed E-state index contributed by atoms with van der Waals surface area (Å²) in [7, 11) is 0. The van der Waals surface area contributed by atoms with Crippen molar-refractivity contribution in [3.8, 4) is 89.3 Å². The predicted molar refractivity (Wildman–Crippen MR) is 365 cm³/mol. The SMILES string of the molecule is c1ccc(-c2ccc(-n3c4ccccc4c4cc(-c5ccc6c(c5)c5ccccc5n6-c5ccc(-c6ccccc6-c6ccc(-c7cccc(-c8cccc(C9(c%10ccccc%10)c%10ccccc%10-c%10ccccc%109)c8)c7)cc6)cc5)ccc43)cc2)cc1. The normalized spacial score (nSPS) is 12.5. The van der Waals surface area contributed by atoms with Gasteiger partial charge in [0.15, 0.2) is 0 Å². The summed E-state index contributed by atoms with van der Waals surface area (Å²) in [4.78, 5) is 0. The first-order chi connectivity index (χ1) is 43.1. The average molecular weight is 1110 g/mol. The maximum absolute atomic E-state index is 2.42. The van der Waals surface area contributed by atoms with Gasteiger partial charge < -0.3 is 9.13 Å². The Hall–Kier alpha value is -11.3. The summed E-state index contributed by atoms with van der Waals surface area (Å²) < 4.78 is 4.82. The minimum absolute atomic E-state index is 0.447. The number of nitrogens with zero attached hydrogens (tertiary/aromatic N) is 2. The van der Waals surface area contributed by atoms with Gasteiger partial charge in [-0.15, -0.1) is 0 Å². The topological polar surface area (TPSA) is 9.86 Å². The molecular formula is C85H56N2. The van der Waals surface area contributed by atoms with Crippen molar-refractivity contribution >= 4 is 43.6 Å². The van der Waals surface area contributed by atoms with Gasteiger partial charge in [0.25, 0.3) is 0 Å². The predicted octanol–water partition coefficient (Wildman–Crippen LogP) is 22.2. The lowest BCUT2D eigenvalue weighted by Gasteiger charge is -2.34. The molecule has 0 saturated heterocycles. The van der Waals surface area contributed by atoms with Crippen LogP contribution in [0, 0.1) is 0 Å². The van der Waals surface area contributed by atoms with Crippen molar-refractivity contribution in [2.45, 2.75) is 5.41 Å². The fourth-order valence-electron chi connectivity index (χ4n) is 14.4. The minimum Gasteiger partial charge on any atom is -0.309 e. The number of rotatable bonds is 10. The van der Waals surface area contributed by atoms with E-state index in [1.54, 1.807) is 0 Å². The molecular weight excluding hydrogens is 1050 g/mol. The van der Waals surface area contributed by atoms with Crippen LogP contribution in [0.3, 0.4) is 0 Å². The Morgan fingerprint density at radius 3 is 1.07 bits per heavy atom. The van der Waals surface area contributed by atoms with E-state index in [1.165, 1.54) is 144 Å². The molecule has 2 heteroatoms. The summed E-state index contributed by atoms with van der Waals surface area (Å²) in [6, 6.07) is 125. The second kappa shape index (κ2) is 20.5. The third-order valence-corrected chi connectivity index (χ3v) is 18.5. The van der Waals surface area contributed by atoms with E-state index in [1.807, 2.05) is 0 Å². The maximum atomic E-state index is 2.42. The first-order valence-corrected chi connectivity index (χ1v) is 30.1. The Morgan fingerprint density at radius 2 is 0.517 bits per heavy atom. The first kappa shape index (κ1) is 50.2. The Morgan fingerprint density at radius 1 is 0.184 bits per heavy atom. The van der Waals surface area contributed by atoms with Crippen LogP contribution < -0.4 is 0 Å². The fraction of sp³-hybridized carbons (Fsp3) is 0.0118. The van der Waals surface area contributed by atoms with Crippen molar-refractivity contribution in [2.75, 3.05) is 0 Å². The number of aromatic nitrogens is 2. The second-order valence-electron chi connectivity index (χ2n) is 23.1. The highest BCUT2D eigenvalue weighted by Gasteiger charge is 2.46. The monoisotopic (exact) mass is 1100 g/mol. The molecule has 0 bridgehead atoms.